The number of anilines is 1. The minimum atomic E-state index is -0.688. The van der Waals surface area contributed by atoms with Crippen LogP contribution >= 0.6 is 0 Å². The van der Waals surface area contributed by atoms with E-state index in [0.29, 0.717) is 17.0 Å². The molecule has 2 aromatic heterocycles. The number of aliphatic hydroxyl groups excluding tert-OH is 1. The van der Waals surface area contributed by atoms with E-state index in [1.54, 1.807) is 6.33 Å². The van der Waals surface area contributed by atoms with Gasteiger partial charge in [0.25, 0.3) is 0 Å². The molecule has 0 aromatic carbocycles. The maximum absolute atomic E-state index is 9.58. The molecule has 1 saturated heterocycles. The van der Waals surface area contributed by atoms with E-state index in [4.69, 9.17) is 15.2 Å². The fraction of sp³-hybridized carbons (Fsp3) is 0.500. The van der Waals surface area contributed by atoms with E-state index in [-0.39, 0.29) is 57.6 Å². The fourth-order valence-corrected chi connectivity index (χ4v) is 3.20. The van der Waals surface area contributed by atoms with Crippen LogP contribution in [0.5, 0.6) is 0 Å². The SMILES string of the molecule is CC1(C)OC2C(CO)=C[C@H](n3cnc4c(N)ncnc43)C2O1.[Y]. The third-order valence-electron chi connectivity index (χ3n) is 4.11. The summed E-state index contributed by atoms with van der Waals surface area (Å²) in [6, 6.07) is -0.159. The third kappa shape index (κ3) is 2.62. The number of aromatic nitrogens is 4. The van der Waals surface area contributed by atoms with Crippen molar-refractivity contribution in [2.75, 3.05) is 12.3 Å². The zero-order chi connectivity index (χ0) is 15.5. The molecule has 119 valence electrons. The average molecular weight is 392 g/mol. The zero-order valence-electron chi connectivity index (χ0n) is 12.9. The van der Waals surface area contributed by atoms with E-state index in [9.17, 15) is 5.11 Å². The fourth-order valence-electron chi connectivity index (χ4n) is 3.20. The summed E-state index contributed by atoms with van der Waals surface area (Å²) in [6.45, 7) is 3.66. The first-order chi connectivity index (χ1) is 10.5. The van der Waals surface area contributed by atoms with Crippen LogP contribution in [-0.4, -0.2) is 49.2 Å². The topological polar surface area (TPSA) is 108 Å². The number of nitrogen functional groups attached to an aromatic ring is 1. The summed E-state index contributed by atoms with van der Waals surface area (Å²) in [5, 5.41) is 9.58. The van der Waals surface area contributed by atoms with Crippen LogP contribution in [0.25, 0.3) is 11.2 Å². The van der Waals surface area contributed by atoms with Crippen LogP contribution in [0, 0.1) is 0 Å². The first kappa shape index (κ1) is 16.9. The third-order valence-corrected chi connectivity index (χ3v) is 4.11. The molecule has 1 aliphatic carbocycles. The van der Waals surface area contributed by atoms with Crippen molar-refractivity contribution in [1.82, 2.24) is 19.5 Å². The van der Waals surface area contributed by atoms with E-state index in [1.807, 2.05) is 24.5 Å². The Morgan fingerprint density at radius 2 is 2.09 bits per heavy atom. The van der Waals surface area contributed by atoms with E-state index in [2.05, 4.69) is 15.0 Å². The normalized spacial score (nSPS) is 28.5. The standard InChI is InChI=1S/C14H17N5O3.Y/c1-14(2)21-10-7(4-20)3-8(11(10)22-14)19-6-18-9-12(15)16-5-17-13(9)19;/h3,5-6,8,10-11,20H,4H2,1-2H3,(H2,15,16,17);/t8-,10?,11?;/m0./s1. The van der Waals surface area contributed by atoms with Gasteiger partial charge in [-0.1, -0.05) is 6.08 Å². The Kier molecular flexibility index (Phi) is 4.31. The van der Waals surface area contributed by atoms with Crippen molar-refractivity contribution in [2.45, 2.75) is 37.9 Å². The molecule has 0 saturated carbocycles. The molecule has 0 amide bonds. The molecule has 2 unspecified atom stereocenters. The van der Waals surface area contributed by atoms with Gasteiger partial charge in [0.15, 0.2) is 17.3 Å². The van der Waals surface area contributed by atoms with Crippen LogP contribution in [0.3, 0.4) is 0 Å². The largest absolute Gasteiger partial charge is 0.392 e. The van der Waals surface area contributed by atoms with E-state index in [1.165, 1.54) is 6.33 Å². The number of fused-ring (bicyclic) bond motifs is 2. The smallest absolute Gasteiger partial charge is 0.166 e. The summed E-state index contributed by atoms with van der Waals surface area (Å²) in [5.41, 5.74) is 7.84. The maximum Gasteiger partial charge on any atom is 0.166 e. The van der Waals surface area contributed by atoms with Crippen molar-refractivity contribution in [3.8, 4) is 0 Å². The van der Waals surface area contributed by atoms with Gasteiger partial charge in [-0.3, -0.25) is 0 Å². The molecule has 3 N–H and O–H groups in total. The molecule has 2 aromatic rings. The van der Waals surface area contributed by atoms with Crippen molar-refractivity contribution in [3.05, 3.63) is 24.3 Å². The molecule has 3 heterocycles. The van der Waals surface area contributed by atoms with Crippen LogP contribution in [0.15, 0.2) is 24.3 Å². The Balaban J connectivity index is 0.00000156. The molecule has 8 nitrogen and oxygen atoms in total. The predicted octanol–water partition coefficient (Wildman–Crippen LogP) is 0.399. The second-order valence-corrected chi connectivity index (χ2v) is 5.99. The van der Waals surface area contributed by atoms with Gasteiger partial charge in [0.1, 0.15) is 24.1 Å². The van der Waals surface area contributed by atoms with Crippen LogP contribution in [0.1, 0.15) is 19.9 Å². The number of imidazole rings is 1. The number of aliphatic hydroxyl groups is 1. The van der Waals surface area contributed by atoms with Gasteiger partial charge in [-0.05, 0) is 19.4 Å². The van der Waals surface area contributed by atoms with Crippen LogP contribution in [0.2, 0.25) is 0 Å². The van der Waals surface area contributed by atoms with Crippen molar-refractivity contribution in [1.29, 1.82) is 0 Å². The van der Waals surface area contributed by atoms with Gasteiger partial charge >= 0.3 is 0 Å². The summed E-state index contributed by atoms with van der Waals surface area (Å²) in [5.74, 6) is -0.347. The molecule has 1 radical (unpaired) electrons. The van der Waals surface area contributed by atoms with Gasteiger partial charge in [0.2, 0.25) is 0 Å². The first-order valence-corrected chi connectivity index (χ1v) is 7.10. The Morgan fingerprint density at radius 1 is 1.30 bits per heavy atom. The molecular formula is C14H17N5O3Y. The number of nitrogens with zero attached hydrogens (tertiary/aromatic N) is 4. The molecule has 1 fully saturated rings. The quantitative estimate of drug-likeness (QED) is 0.713. The Morgan fingerprint density at radius 3 is 2.83 bits per heavy atom. The minimum Gasteiger partial charge on any atom is -0.392 e. The van der Waals surface area contributed by atoms with Crippen molar-refractivity contribution in [2.24, 2.45) is 0 Å². The Labute approximate surface area is 158 Å². The summed E-state index contributed by atoms with van der Waals surface area (Å²) < 4.78 is 13.8. The second-order valence-electron chi connectivity index (χ2n) is 5.99. The van der Waals surface area contributed by atoms with Gasteiger partial charge < -0.3 is 24.9 Å². The monoisotopic (exact) mass is 392 g/mol. The van der Waals surface area contributed by atoms with Gasteiger partial charge in [0.05, 0.1) is 19.0 Å². The first-order valence-electron chi connectivity index (χ1n) is 7.10. The van der Waals surface area contributed by atoms with Gasteiger partial charge in [-0.15, -0.1) is 0 Å². The molecule has 2 aliphatic rings. The molecule has 23 heavy (non-hydrogen) atoms. The summed E-state index contributed by atoms with van der Waals surface area (Å²) in [4.78, 5) is 12.5. The average Bonchev–Trinajstić information content (AvgIpc) is 3.10. The molecule has 0 spiro atoms. The van der Waals surface area contributed by atoms with E-state index < -0.39 is 5.79 Å². The van der Waals surface area contributed by atoms with E-state index in [0.717, 1.165) is 5.57 Å². The van der Waals surface area contributed by atoms with Crippen LogP contribution in [0.4, 0.5) is 5.82 Å². The molecular weight excluding hydrogens is 375 g/mol. The molecule has 4 rings (SSSR count). The van der Waals surface area contributed by atoms with Crippen molar-refractivity contribution >= 4 is 17.0 Å². The Hall–Kier alpha value is -0.926. The number of ether oxygens (including phenoxy) is 2. The molecule has 9 heteroatoms. The minimum absolute atomic E-state index is 0. The molecule has 3 atom stereocenters. The van der Waals surface area contributed by atoms with Crippen LogP contribution < -0.4 is 5.73 Å². The van der Waals surface area contributed by atoms with Gasteiger partial charge in [0, 0.05) is 32.7 Å². The predicted molar refractivity (Wildman–Crippen MR) is 77.8 cm³/mol. The summed E-state index contributed by atoms with van der Waals surface area (Å²) >= 11 is 0. The number of rotatable bonds is 2. The Bertz CT molecular complexity index is 775. The summed E-state index contributed by atoms with van der Waals surface area (Å²) in [6.07, 6.45) is 4.54. The number of hydrogen-bond acceptors (Lipinski definition) is 7. The van der Waals surface area contributed by atoms with Crippen molar-refractivity contribution < 1.29 is 47.3 Å². The van der Waals surface area contributed by atoms with E-state index >= 15 is 0 Å². The molecule has 0 bridgehead atoms. The molecule has 1 aliphatic heterocycles. The van der Waals surface area contributed by atoms with Crippen LogP contribution in [-0.2, 0) is 42.2 Å². The summed E-state index contributed by atoms with van der Waals surface area (Å²) in [7, 11) is 0. The maximum atomic E-state index is 9.58. The number of hydrogen-bond donors (Lipinski definition) is 2. The van der Waals surface area contributed by atoms with Gasteiger partial charge in [-0.2, -0.15) is 0 Å². The zero-order valence-corrected chi connectivity index (χ0v) is 15.7. The van der Waals surface area contributed by atoms with Gasteiger partial charge in [-0.25, -0.2) is 15.0 Å². The second kappa shape index (κ2) is 5.86. The van der Waals surface area contributed by atoms with Crippen molar-refractivity contribution in [3.63, 3.8) is 0 Å². The number of nitrogens with two attached hydrogens (primary N) is 1.